The summed E-state index contributed by atoms with van der Waals surface area (Å²) in [6.07, 6.45) is 0. The first kappa shape index (κ1) is 10.9. The molecule has 0 bridgehead atoms. The van der Waals surface area contributed by atoms with E-state index in [1.807, 2.05) is 0 Å². The van der Waals surface area contributed by atoms with E-state index in [1.165, 1.54) is 17.0 Å². The highest BCUT2D eigenvalue weighted by molar-refractivity contribution is 5.97. The number of phenols is 1. The summed E-state index contributed by atoms with van der Waals surface area (Å²) in [7, 11) is 0. The molecule has 0 aliphatic carbocycles. The van der Waals surface area contributed by atoms with E-state index >= 15 is 0 Å². The standard InChI is InChI=1S/C11H13FN2O2/c12-8-2-1-3-9(15)10(8)11(16)14-5-7(4-13)6-14/h1-3,7,15H,4-6,13H2. The van der Waals surface area contributed by atoms with Crippen molar-refractivity contribution in [2.45, 2.75) is 0 Å². The van der Waals surface area contributed by atoms with Gasteiger partial charge in [-0.3, -0.25) is 4.79 Å². The van der Waals surface area contributed by atoms with Gasteiger partial charge in [0.25, 0.3) is 5.91 Å². The molecule has 0 atom stereocenters. The lowest BCUT2D eigenvalue weighted by Gasteiger charge is -2.38. The number of aromatic hydroxyl groups is 1. The summed E-state index contributed by atoms with van der Waals surface area (Å²) < 4.78 is 13.4. The lowest BCUT2D eigenvalue weighted by atomic mass is 9.99. The van der Waals surface area contributed by atoms with Gasteiger partial charge in [0, 0.05) is 19.0 Å². The van der Waals surface area contributed by atoms with Crippen molar-refractivity contribution >= 4 is 5.91 Å². The van der Waals surface area contributed by atoms with Crippen LogP contribution in [0.25, 0.3) is 0 Å². The Morgan fingerprint density at radius 3 is 2.81 bits per heavy atom. The molecule has 0 spiro atoms. The first-order valence-electron chi connectivity index (χ1n) is 5.10. The number of hydrogen-bond donors (Lipinski definition) is 2. The fourth-order valence-corrected chi connectivity index (χ4v) is 1.77. The number of benzene rings is 1. The molecule has 1 aromatic carbocycles. The molecule has 3 N–H and O–H groups in total. The number of hydrogen-bond acceptors (Lipinski definition) is 3. The monoisotopic (exact) mass is 224 g/mol. The molecule has 2 rings (SSSR count). The van der Waals surface area contributed by atoms with Gasteiger partial charge < -0.3 is 15.7 Å². The molecular weight excluding hydrogens is 211 g/mol. The molecule has 4 nitrogen and oxygen atoms in total. The second kappa shape index (κ2) is 4.09. The number of carbonyl (C=O) groups is 1. The summed E-state index contributed by atoms with van der Waals surface area (Å²) in [5.41, 5.74) is 5.18. The lowest BCUT2D eigenvalue weighted by molar-refractivity contribution is 0.0507. The molecule has 86 valence electrons. The van der Waals surface area contributed by atoms with E-state index < -0.39 is 11.7 Å². The van der Waals surface area contributed by atoms with Crippen LogP contribution in [0.5, 0.6) is 5.75 Å². The van der Waals surface area contributed by atoms with Crippen molar-refractivity contribution in [3.05, 3.63) is 29.6 Å². The van der Waals surface area contributed by atoms with Gasteiger partial charge >= 0.3 is 0 Å². The Bertz CT molecular complexity index is 396. The predicted molar refractivity (Wildman–Crippen MR) is 56.5 cm³/mol. The van der Waals surface area contributed by atoms with Crippen LogP contribution in [0.1, 0.15) is 10.4 Å². The number of nitrogens with two attached hydrogens (primary N) is 1. The second-order valence-corrected chi connectivity index (χ2v) is 3.95. The maximum Gasteiger partial charge on any atom is 0.260 e. The van der Waals surface area contributed by atoms with Gasteiger partial charge in [0.15, 0.2) is 0 Å². The van der Waals surface area contributed by atoms with Crippen LogP contribution in [-0.2, 0) is 0 Å². The molecule has 1 aromatic rings. The van der Waals surface area contributed by atoms with Gasteiger partial charge in [0.1, 0.15) is 17.1 Å². The van der Waals surface area contributed by atoms with Crippen LogP contribution < -0.4 is 5.73 Å². The zero-order chi connectivity index (χ0) is 11.7. The van der Waals surface area contributed by atoms with Crippen molar-refractivity contribution in [1.29, 1.82) is 0 Å². The van der Waals surface area contributed by atoms with Crippen molar-refractivity contribution in [1.82, 2.24) is 4.90 Å². The minimum absolute atomic E-state index is 0.252. The number of phenolic OH excluding ortho intramolecular Hbond substituents is 1. The summed E-state index contributed by atoms with van der Waals surface area (Å²) in [4.78, 5) is 13.3. The minimum atomic E-state index is -0.693. The maximum atomic E-state index is 13.4. The summed E-state index contributed by atoms with van der Waals surface area (Å²) in [5, 5.41) is 9.44. The zero-order valence-electron chi connectivity index (χ0n) is 8.69. The van der Waals surface area contributed by atoms with Gasteiger partial charge in [-0.15, -0.1) is 0 Å². The van der Waals surface area contributed by atoms with E-state index in [4.69, 9.17) is 5.73 Å². The van der Waals surface area contributed by atoms with Crippen LogP contribution in [-0.4, -0.2) is 35.5 Å². The van der Waals surface area contributed by atoms with E-state index in [1.54, 1.807) is 0 Å². The van der Waals surface area contributed by atoms with E-state index in [9.17, 15) is 14.3 Å². The topological polar surface area (TPSA) is 66.6 Å². The number of likely N-dealkylation sites (tertiary alicyclic amines) is 1. The largest absolute Gasteiger partial charge is 0.507 e. The molecule has 0 aromatic heterocycles. The fraction of sp³-hybridized carbons (Fsp3) is 0.364. The van der Waals surface area contributed by atoms with Crippen LogP contribution >= 0.6 is 0 Å². The molecular formula is C11H13FN2O2. The SMILES string of the molecule is NCC1CN(C(=O)c2c(O)cccc2F)C1. The molecule has 0 unspecified atom stereocenters. The van der Waals surface area contributed by atoms with Gasteiger partial charge in [-0.05, 0) is 18.7 Å². The molecule has 1 amide bonds. The molecule has 16 heavy (non-hydrogen) atoms. The van der Waals surface area contributed by atoms with Crippen molar-refractivity contribution in [2.24, 2.45) is 11.7 Å². The molecule has 1 saturated heterocycles. The number of rotatable bonds is 2. The highest BCUT2D eigenvalue weighted by Gasteiger charge is 2.32. The van der Waals surface area contributed by atoms with Gasteiger partial charge in [-0.1, -0.05) is 6.07 Å². The van der Waals surface area contributed by atoms with E-state index in [0.717, 1.165) is 6.07 Å². The fourth-order valence-electron chi connectivity index (χ4n) is 1.77. The Kier molecular flexibility index (Phi) is 2.78. The van der Waals surface area contributed by atoms with Crippen LogP contribution in [0.3, 0.4) is 0 Å². The highest BCUT2D eigenvalue weighted by atomic mass is 19.1. The van der Waals surface area contributed by atoms with Crippen LogP contribution in [0.2, 0.25) is 0 Å². The van der Waals surface area contributed by atoms with Crippen molar-refractivity contribution in [3.63, 3.8) is 0 Å². The number of amides is 1. The minimum Gasteiger partial charge on any atom is -0.507 e. The second-order valence-electron chi connectivity index (χ2n) is 3.95. The number of nitrogens with zero attached hydrogens (tertiary/aromatic N) is 1. The molecule has 1 heterocycles. The molecule has 0 radical (unpaired) electrons. The van der Waals surface area contributed by atoms with Crippen molar-refractivity contribution < 1.29 is 14.3 Å². The van der Waals surface area contributed by atoms with Gasteiger partial charge in [0.2, 0.25) is 0 Å². The van der Waals surface area contributed by atoms with E-state index in [-0.39, 0.29) is 17.2 Å². The van der Waals surface area contributed by atoms with Crippen LogP contribution in [0.4, 0.5) is 4.39 Å². The quantitative estimate of drug-likeness (QED) is 0.771. The first-order valence-corrected chi connectivity index (χ1v) is 5.10. The summed E-state index contributed by atoms with van der Waals surface area (Å²) in [6, 6.07) is 3.82. The van der Waals surface area contributed by atoms with Crippen molar-refractivity contribution in [2.75, 3.05) is 19.6 Å². The Hall–Kier alpha value is -1.62. The normalized spacial score (nSPS) is 16.0. The third-order valence-corrected chi connectivity index (χ3v) is 2.78. The molecule has 1 fully saturated rings. The van der Waals surface area contributed by atoms with Gasteiger partial charge in [-0.25, -0.2) is 4.39 Å². The molecule has 1 aliphatic rings. The number of carbonyl (C=O) groups excluding carboxylic acids is 1. The smallest absolute Gasteiger partial charge is 0.260 e. The Morgan fingerprint density at radius 2 is 2.25 bits per heavy atom. The molecule has 5 heteroatoms. The Morgan fingerprint density at radius 1 is 1.56 bits per heavy atom. The first-order chi connectivity index (χ1) is 7.63. The van der Waals surface area contributed by atoms with E-state index in [2.05, 4.69) is 0 Å². The van der Waals surface area contributed by atoms with Crippen molar-refractivity contribution in [3.8, 4) is 5.75 Å². The van der Waals surface area contributed by atoms with E-state index in [0.29, 0.717) is 19.6 Å². The average molecular weight is 224 g/mol. The Balaban J connectivity index is 2.16. The summed E-state index contributed by atoms with van der Waals surface area (Å²) >= 11 is 0. The lowest BCUT2D eigenvalue weighted by Crippen LogP contribution is -2.52. The molecule has 0 saturated carbocycles. The van der Waals surface area contributed by atoms with Crippen LogP contribution in [0.15, 0.2) is 18.2 Å². The summed E-state index contributed by atoms with van der Waals surface area (Å²) in [5.74, 6) is -1.19. The van der Waals surface area contributed by atoms with Crippen LogP contribution in [0, 0.1) is 11.7 Å². The van der Waals surface area contributed by atoms with Gasteiger partial charge in [-0.2, -0.15) is 0 Å². The number of halogens is 1. The third-order valence-electron chi connectivity index (χ3n) is 2.78. The maximum absolute atomic E-state index is 13.4. The average Bonchev–Trinajstić information content (AvgIpc) is 2.15. The third kappa shape index (κ3) is 1.74. The summed E-state index contributed by atoms with van der Waals surface area (Å²) in [6.45, 7) is 1.58. The zero-order valence-corrected chi connectivity index (χ0v) is 8.69. The predicted octanol–water partition coefficient (Wildman–Crippen LogP) is 0.562. The van der Waals surface area contributed by atoms with Gasteiger partial charge in [0.05, 0.1) is 0 Å². The highest BCUT2D eigenvalue weighted by Crippen LogP contribution is 2.25. The molecule has 1 aliphatic heterocycles. The Labute approximate surface area is 92.5 Å².